The summed E-state index contributed by atoms with van der Waals surface area (Å²) in [6.07, 6.45) is 0. The van der Waals surface area contributed by atoms with Crippen molar-refractivity contribution in [1.29, 1.82) is 0 Å². The minimum Gasteiger partial charge on any atom is -0.490 e. The van der Waals surface area contributed by atoms with Gasteiger partial charge in [0.2, 0.25) is 0 Å². The van der Waals surface area contributed by atoms with Gasteiger partial charge >= 0.3 is 5.69 Å². The average Bonchev–Trinajstić information content (AvgIpc) is 3.20. The van der Waals surface area contributed by atoms with Gasteiger partial charge in [0.1, 0.15) is 0 Å². The smallest absolute Gasteiger partial charge is 0.311 e. The van der Waals surface area contributed by atoms with E-state index in [1.54, 1.807) is 23.1 Å². The second-order valence-corrected chi connectivity index (χ2v) is 7.31. The molecule has 2 aromatic carbocycles. The van der Waals surface area contributed by atoms with Crippen molar-refractivity contribution in [3.63, 3.8) is 0 Å². The first kappa shape index (κ1) is 18.9. The highest BCUT2D eigenvalue weighted by Gasteiger charge is 2.18. The number of nitrogens with one attached hydrogen (secondary N) is 1. The molecule has 6 nitrogen and oxygen atoms in total. The highest BCUT2D eigenvalue weighted by molar-refractivity contribution is 7.98. The molecule has 0 aliphatic heterocycles. The molecular weight excluding hydrogens is 384 g/mol. The van der Waals surface area contributed by atoms with Crippen molar-refractivity contribution in [2.75, 3.05) is 12.4 Å². The van der Waals surface area contributed by atoms with E-state index in [1.165, 1.54) is 30.9 Å². The third-order valence-corrected chi connectivity index (χ3v) is 5.62. The van der Waals surface area contributed by atoms with Gasteiger partial charge in [-0.2, -0.15) is 11.3 Å². The van der Waals surface area contributed by atoms with Crippen LogP contribution in [0.15, 0.2) is 64.2 Å². The molecule has 0 fully saturated rings. The van der Waals surface area contributed by atoms with E-state index in [-0.39, 0.29) is 17.0 Å². The highest BCUT2D eigenvalue weighted by atomic mass is 32.2. The summed E-state index contributed by atoms with van der Waals surface area (Å²) >= 11 is 3.26. The lowest BCUT2D eigenvalue weighted by Gasteiger charge is -2.11. The summed E-state index contributed by atoms with van der Waals surface area (Å²) in [6.45, 7) is 0. The molecule has 8 heteroatoms. The predicted octanol–water partition coefficient (Wildman–Crippen LogP) is 5.21. The van der Waals surface area contributed by atoms with Crippen molar-refractivity contribution < 1.29 is 14.5 Å². The first-order chi connectivity index (χ1) is 13.1. The Balaban J connectivity index is 1.78. The van der Waals surface area contributed by atoms with E-state index in [0.29, 0.717) is 5.69 Å². The van der Waals surface area contributed by atoms with Gasteiger partial charge in [-0.15, -0.1) is 11.8 Å². The van der Waals surface area contributed by atoms with Gasteiger partial charge in [-0.3, -0.25) is 14.9 Å². The van der Waals surface area contributed by atoms with Gasteiger partial charge in [0.05, 0.1) is 17.7 Å². The molecule has 0 radical (unpaired) electrons. The molecule has 0 atom stereocenters. The number of para-hydroxylation sites is 1. The number of anilines is 1. The average molecular weight is 400 g/mol. The van der Waals surface area contributed by atoms with Gasteiger partial charge in [-0.25, -0.2) is 0 Å². The van der Waals surface area contributed by atoms with Crippen LogP contribution in [0.5, 0.6) is 5.75 Å². The summed E-state index contributed by atoms with van der Waals surface area (Å²) in [6, 6.07) is 13.7. The number of ether oxygens (including phenoxy) is 1. The molecule has 0 spiro atoms. The number of rotatable bonds is 7. The summed E-state index contributed by atoms with van der Waals surface area (Å²) in [4.78, 5) is 24.1. The van der Waals surface area contributed by atoms with Crippen molar-refractivity contribution in [2.45, 2.75) is 10.6 Å². The topological polar surface area (TPSA) is 81.5 Å². The van der Waals surface area contributed by atoms with Crippen LogP contribution in [0.3, 0.4) is 0 Å². The van der Waals surface area contributed by atoms with Crippen molar-refractivity contribution in [2.24, 2.45) is 0 Å². The zero-order valence-corrected chi connectivity index (χ0v) is 16.0. The van der Waals surface area contributed by atoms with Crippen LogP contribution in [0.2, 0.25) is 0 Å². The molecule has 0 aliphatic rings. The van der Waals surface area contributed by atoms with Crippen molar-refractivity contribution in [3.05, 3.63) is 80.5 Å². The lowest BCUT2D eigenvalue weighted by molar-refractivity contribution is -0.385. The summed E-state index contributed by atoms with van der Waals surface area (Å²) in [5, 5.41) is 18.1. The molecule has 138 valence electrons. The number of amides is 1. The Labute approximate surface area is 164 Å². The zero-order chi connectivity index (χ0) is 19.2. The third-order valence-electron chi connectivity index (χ3n) is 3.75. The van der Waals surface area contributed by atoms with Crippen LogP contribution >= 0.6 is 23.1 Å². The highest BCUT2D eigenvalue weighted by Crippen LogP contribution is 2.32. The Bertz CT molecular complexity index is 958. The molecule has 3 aromatic rings. The van der Waals surface area contributed by atoms with Crippen molar-refractivity contribution in [3.8, 4) is 5.75 Å². The van der Waals surface area contributed by atoms with Crippen LogP contribution in [0.4, 0.5) is 11.4 Å². The number of carbonyl (C=O) groups is 1. The molecule has 3 rings (SSSR count). The number of nitro benzene ring substituents is 1. The lowest BCUT2D eigenvalue weighted by atomic mass is 10.1. The Hall–Kier alpha value is -2.84. The fraction of sp³-hybridized carbons (Fsp3) is 0.105. The van der Waals surface area contributed by atoms with Gasteiger partial charge in [0.25, 0.3) is 5.91 Å². The normalized spacial score (nSPS) is 10.4. The quantitative estimate of drug-likeness (QED) is 0.334. The number of carbonyl (C=O) groups excluding carboxylic acids is 1. The molecule has 0 aliphatic carbocycles. The van der Waals surface area contributed by atoms with Gasteiger partial charge in [0.15, 0.2) is 5.75 Å². The molecule has 1 aromatic heterocycles. The number of methoxy groups -OCH3 is 1. The first-order valence-electron chi connectivity index (χ1n) is 7.95. The van der Waals surface area contributed by atoms with E-state index in [9.17, 15) is 14.9 Å². The molecular formula is C19H16N2O4S2. The Morgan fingerprint density at radius 2 is 2.07 bits per heavy atom. The van der Waals surface area contributed by atoms with E-state index in [4.69, 9.17) is 4.74 Å². The second-order valence-electron chi connectivity index (χ2n) is 5.51. The zero-order valence-electron chi connectivity index (χ0n) is 14.4. The SMILES string of the molecule is COc1ccc(C(=O)Nc2ccccc2SCc2ccsc2)cc1[N+](=O)[O-]. The van der Waals surface area contributed by atoms with Gasteiger partial charge in [-0.1, -0.05) is 12.1 Å². The summed E-state index contributed by atoms with van der Waals surface area (Å²) in [5.74, 6) is 0.498. The molecule has 27 heavy (non-hydrogen) atoms. The fourth-order valence-electron chi connectivity index (χ4n) is 2.40. The number of nitrogens with zero attached hydrogens (tertiary/aromatic N) is 1. The van der Waals surface area contributed by atoms with Crippen molar-refractivity contribution >= 4 is 40.4 Å². The van der Waals surface area contributed by atoms with Gasteiger partial charge < -0.3 is 10.1 Å². The minimum absolute atomic E-state index is 0.114. The molecule has 1 amide bonds. The predicted molar refractivity (Wildman–Crippen MR) is 108 cm³/mol. The Kier molecular flexibility index (Phi) is 6.10. The number of nitro groups is 1. The second kappa shape index (κ2) is 8.70. The number of hydrogen-bond acceptors (Lipinski definition) is 6. The van der Waals surface area contributed by atoms with Crippen LogP contribution in [0.25, 0.3) is 0 Å². The Morgan fingerprint density at radius 3 is 2.78 bits per heavy atom. The largest absolute Gasteiger partial charge is 0.490 e. The van der Waals surface area contributed by atoms with Crippen LogP contribution in [0, 0.1) is 10.1 Å². The van der Waals surface area contributed by atoms with Crippen molar-refractivity contribution in [1.82, 2.24) is 0 Å². The standard InChI is InChI=1S/C19H16N2O4S2/c1-25-17-7-6-14(10-16(17)21(23)24)19(22)20-15-4-2-3-5-18(15)27-12-13-8-9-26-11-13/h2-11H,12H2,1H3,(H,20,22). The van der Waals surface area contributed by atoms with Crippen LogP contribution in [-0.4, -0.2) is 17.9 Å². The first-order valence-corrected chi connectivity index (χ1v) is 9.88. The van der Waals surface area contributed by atoms with E-state index in [0.717, 1.165) is 10.6 Å². The van der Waals surface area contributed by atoms with E-state index >= 15 is 0 Å². The summed E-state index contributed by atoms with van der Waals surface area (Å²) in [7, 11) is 1.35. The number of benzene rings is 2. The molecule has 1 N–H and O–H groups in total. The van der Waals surface area contributed by atoms with Crippen LogP contribution in [-0.2, 0) is 5.75 Å². The lowest BCUT2D eigenvalue weighted by Crippen LogP contribution is -2.13. The minimum atomic E-state index is -0.569. The monoisotopic (exact) mass is 400 g/mol. The maximum absolute atomic E-state index is 12.6. The maximum Gasteiger partial charge on any atom is 0.311 e. The Morgan fingerprint density at radius 1 is 1.26 bits per heavy atom. The maximum atomic E-state index is 12.6. The number of thiophene rings is 1. The molecule has 0 saturated carbocycles. The molecule has 1 heterocycles. The van der Waals surface area contributed by atoms with Gasteiger partial charge in [-0.05, 0) is 46.7 Å². The summed E-state index contributed by atoms with van der Waals surface area (Å²) in [5.41, 5.74) is 1.84. The van der Waals surface area contributed by atoms with Crippen LogP contribution < -0.4 is 10.1 Å². The van der Waals surface area contributed by atoms with Gasteiger partial charge in [0, 0.05) is 22.3 Å². The molecule has 0 saturated heterocycles. The van der Waals surface area contributed by atoms with E-state index in [2.05, 4.69) is 16.8 Å². The number of hydrogen-bond donors (Lipinski definition) is 1. The number of thioether (sulfide) groups is 1. The van der Waals surface area contributed by atoms with E-state index < -0.39 is 10.8 Å². The summed E-state index contributed by atoms with van der Waals surface area (Å²) < 4.78 is 4.97. The van der Waals surface area contributed by atoms with Crippen LogP contribution in [0.1, 0.15) is 15.9 Å². The molecule has 0 unspecified atom stereocenters. The molecule has 0 bridgehead atoms. The van der Waals surface area contributed by atoms with E-state index in [1.807, 2.05) is 29.6 Å². The third kappa shape index (κ3) is 4.66. The fourth-order valence-corrected chi connectivity index (χ4v) is 4.13.